The van der Waals surface area contributed by atoms with Crippen LogP contribution in [0.4, 0.5) is 22.0 Å². The predicted molar refractivity (Wildman–Crippen MR) is 122 cm³/mol. The lowest BCUT2D eigenvalue weighted by Crippen LogP contribution is -2.31. The molecule has 158 valence electrons. The summed E-state index contributed by atoms with van der Waals surface area (Å²) in [5.74, 6) is 0.740. The minimum Gasteiger partial charge on any atom is -0.464 e. The lowest BCUT2D eigenvalue weighted by atomic mass is 10.0. The Balaban J connectivity index is 1.40. The van der Waals surface area contributed by atoms with Gasteiger partial charge < -0.3 is 15.3 Å². The molecule has 5 rings (SSSR count). The lowest BCUT2D eigenvalue weighted by molar-refractivity contribution is 0.196. The van der Waals surface area contributed by atoms with Gasteiger partial charge in [0.05, 0.1) is 22.8 Å². The molecule has 0 saturated carbocycles. The number of carbonyl (C=O) groups is 1. The molecular formula is C23H17ClN6O2. The van der Waals surface area contributed by atoms with Gasteiger partial charge in [-0.1, -0.05) is 17.7 Å². The fourth-order valence-corrected chi connectivity index (χ4v) is 4.16. The van der Waals surface area contributed by atoms with Crippen molar-refractivity contribution in [2.24, 2.45) is 0 Å². The number of halogens is 1. The molecule has 2 aromatic carbocycles. The molecule has 8 nitrogen and oxygen atoms in total. The largest absolute Gasteiger partial charge is 0.464 e. The fraction of sp³-hybridized carbons (Fsp3) is 0.130. The molecule has 9 heteroatoms. The van der Waals surface area contributed by atoms with E-state index in [-0.39, 0.29) is 0 Å². The highest BCUT2D eigenvalue weighted by molar-refractivity contribution is 6.32. The Kier molecular flexibility index (Phi) is 4.88. The number of anilines is 3. The van der Waals surface area contributed by atoms with E-state index in [1.807, 2.05) is 30.3 Å². The topological polar surface area (TPSA) is 107 Å². The Bertz CT molecular complexity index is 1410. The third kappa shape index (κ3) is 3.59. The fourth-order valence-electron chi connectivity index (χ4n) is 3.94. The molecule has 0 atom stereocenters. The van der Waals surface area contributed by atoms with Crippen LogP contribution >= 0.6 is 11.6 Å². The Labute approximate surface area is 188 Å². The van der Waals surface area contributed by atoms with Crippen LogP contribution in [0.25, 0.3) is 10.8 Å². The van der Waals surface area contributed by atoms with Gasteiger partial charge in [0, 0.05) is 46.6 Å². The first kappa shape index (κ1) is 19.8. The van der Waals surface area contributed by atoms with Crippen molar-refractivity contribution in [2.75, 3.05) is 16.8 Å². The van der Waals surface area contributed by atoms with E-state index >= 15 is 0 Å². The van der Waals surface area contributed by atoms with Crippen LogP contribution in [0.2, 0.25) is 5.02 Å². The number of carboxylic acid groups (broad SMARTS) is 1. The van der Waals surface area contributed by atoms with Crippen molar-refractivity contribution in [1.82, 2.24) is 14.5 Å². The van der Waals surface area contributed by atoms with Crippen molar-refractivity contribution in [3.05, 3.63) is 77.0 Å². The molecule has 0 aliphatic carbocycles. The summed E-state index contributed by atoms with van der Waals surface area (Å²) in [6.07, 6.45) is 4.43. The van der Waals surface area contributed by atoms with Gasteiger partial charge in [-0.2, -0.15) is 5.26 Å². The van der Waals surface area contributed by atoms with E-state index in [1.165, 1.54) is 6.33 Å². The highest BCUT2D eigenvalue weighted by atomic mass is 35.5. The first-order chi connectivity index (χ1) is 15.5. The minimum absolute atomic E-state index is 0.438. The number of nitrogens with zero attached hydrogens (tertiary/aromatic N) is 5. The van der Waals surface area contributed by atoms with Gasteiger partial charge >= 0.3 is 6.09 Å². The van der Waals surface area contributed by atoms with Crippen molar-refractivity contribution in [2.45, 2.75) is 13.0 Å². The second-order valence-corrected chi connectivity index (χ2v) is 7.92. The van der Waals surface area contributed by atoms with Crippen LogP contribution in [0.15, 0.2) is 55.1 Å². The van der Waals surface area contributed by atoms with Crippen LogP contribution < -0.4 is 10.2 Å². The number of benzene rings is 2. The SMILES string of the molecule is N#Cc1ccc(N2CCc3c(ncnc3Nc3ccc4cn(C(=O)O)cc4c3)C2)cc1Cl. The van der Waals surface area contributed by atoms with Crippen molar-refractivity contribution in [3.8, 4) is 6.07 Å². The molecule has 32 heavy (non-hydrogen) atoms. The van der Waals surface area contributed by atoms with E-state index in [0.717, 1.165) is 56.8 Å². The number of nitriles is 1. The van der Waals surface area contributed by atoms with Gasteiger partial charge in [0.1, 0.15) is 18.2 Å². The molecule has 0 unspecified atom stereocenters. The van der Waals surface area contributed by atoms with E-state index in [4.69, 9.17) is 16.9 Å². The van der Waals surface area contributed by atoms with Gasteiger partial charge in [-0.3, -0.25) is 4.57 Å². The summed E-state index contributed by atoms with van der Waals surface area (Å²) in [5, 5.41) is 23.7. The summed E-state index contributed by atoms with van der Waals surface area (Å²) >= 11 is 6.21. The number of nitrogens with one attached hydrogen (secondary N) is 1. The smallest absolute Gasteiger partial charge is 0.415 e. The molecular weight excluding hydrogens is 428 g/mol. The highest BCUT2D eigenvalue weighted by Gasteiger charge is 2.22. The summed E-state index contributed by atoms with van der Waals surface area (Å²) < 4.78 is 1.14. The standard InChI is InChI=1S/C23H17ClN6O2/c24-20-8-18(4-2-14(20)9-25)29-6-5-19-21(12-29)26-13-27-22(19)28-17-3-1-15-10-30(23(31)32)11-16(15)7-17/h1-4,7-8,10-11,13H,5-6,12H2,(H,31,32)(H,26,27,28). The first-order valence-electron chi connectivity index (χ1n) is 9.91. The van der Waals surface area contributed by atoms with E-state index in [2.05, 4.69) is 26.3 Å². The molecule has 1 aliphatic rings. The molecule has 0 amide bonds. The quantitative estimate of drug-likeness (QED) is 0.467. The van der Waals surface area contributed by atoms with Crippen LogP contribution in [-0.4, -0.2) is 32.3 Å². The Morgan fingerprint density at radius 2 is 2.00 bits per heavy atom. The van der Waals surface area contributed by atoms with Crippen molar-refractivity contribution in [3.63, 3.8) is 0 Å². The minimum atomic E-state index is -1.02. The average Bonchev–Trinajstić information content (AvgIpc) is 3.23. The molecule has 0 spiro atoms. The van der Waals surface area contributed by atoms with Gasteiger partial charge in [-0.05, 0) is 36.8 Å². The Morgan fingerprint density at radius 3 is 2.78 bits per heavy atom. The van der Waals surface area contributed by atoms with Crippen molar-refractivity contribution >= 4 is 45.7 Å². The zero-order chi connectivity index (χ0) is 22.2. The normalized spacial score (nSPS) is 12.9. The van der Waals surface area contributed by atoms with Crippen LogP contribution in [0, 0.1) is 11.3 Å². The summed E-state index contributed by atoms with van der Waals surface area (Å²) in [5.41, 5.74) is 4.19. The summed E-state index contributed by atoms with van der Waals surface area (Å²) in [6.45, 7) is 1.37. The third-order valence-corrected chi connectivity index (χ3v) is 5.88. The van der Waals surface area contributed by atoms with Crippen LogP contribution in [0.3, 0.4) is 0 Å². The number of aromatic nitrogens is 3. The first-order valence-corrected chi connectivity index (χ1v) is 10.3. The van der Waals surface area contributed by atoms with E-state index in [0.29, 0.717) is 17.1 Å². The molecule has 0 bridgehead atoms. The third-order valence-electron chi connectivity index (χ3n) is 5.57. The van der Waals surface area contributed by atoms with Crippen molar-refractivity contribution < 1.29 is 9.90 Å². The number of fused-ring (bicyclic) bond motifs is 2. The van der Waals surface area contributed by atoms with Gasteiger partial charge in [0.15, 0.2) is 0 Å². The van der Waals surface area contributed by atoms with Crippen LogP contribution in [0.1, 0.15) is 16.8 Å². The summed E-state index contributed by atoms with van der Waals surface area (Å²) in [4.78, 5) is 22.3. The average molecular weight is 445 g/mol. The molecule has 2 aromatic heterocycles. The highest BCUT2D eigenvalue weighted by Crippen LogP contribution is 2.31. The molecule has 1 aliphatic heterocycles. The zero-order valence-corrected chi connectivity index (χ0v) is 17.5. The number of hydrogen-bond donors (Lipinski definition) is 2. The lowest BCUT2D eigenvalue weighted by Gasteiger charge is -2.31. The Hall–Kier alpha value is -4.09. The van der Waals surface area contributed by atoms with Crippen LogP contribution in [-0.2, 0) is 13.0 Å². The maximum Gasteiger partial charge on any atom is 0.415 e. The number of hydrogen-bond acceptors (Lipinski definition) is 6. The summed E-state index contributed by atoms with van der Waals surface area (Å²) in [6, 6.07) is 13.2. The zero-order valence-electron chi connectivity index (χ0n) is 16.8. The monoisotopic (exact) mass is 444 g/mol. The van der Waals surface area contributed by atoms with Gasteiger partial charge in [0.2, 0.25) is 0 Å². The van der Waals surface area contributed by atoms with Gasteiger partial charge in [0.25, 0.3) is 0 Å². The molecule has 4 aromatic rings. The van der Waals surface area contributed by atoms with E-state index < -0.39 is 6.09 Å². The molecule has 0 fully saturated rings. The second kappa shape index (κ2) is 7.87. The molecule has 3 heterocycles. The Morgan fingerprint density at radius 1 is 1.16 bits per heavy atom. The number of rotatable bonds is 3. The van der Waals surface area contributed by atoms with Crippen LogP contribution in [0.5, 0.6) is 0 Å². The maximum absolute atomic E-state index is 11.2. The second-order valence-electron chi connectivity index (χ2n) is 7.51. The van der Waals surface area contributed by atoms with Gasteiger partial charge in [-0.15, -0.1) is 0 Å². The van der Waals surface area contributed by atoms with Crippen molar-refractivity contribution in [1.29, 1.82) is 5.26 Å². The van der Waals surface area contributed by atoms with Gasteiger partial charge in [-0.25, -0.2) is 14.8 Å². The molecule has 0 radical (unpaired) electrons. The molecule has 0 saturated heterocycles. The van der Waals surface area contributed by atoms with E-state index in [1.54, 1.807) is 18.5 Å². The summed E-state index contributed by atoms with van der Waals surface area (Å²) in [7, 11) is 0. The predicted octanol–water partition coefficient (Wildman–Crippen LogP) is 4.79. The molecule has 2 N–H and O–H groups in total. The van der Waals surface area contributed by atoms with E-state index in [9.17, 15) is 9.90 Å². The maximum atomic E-state index is 11.2.